The van der Waals surface area contributed by atoms with Gasteiger partial charge in [-0.25, -0.2) is 9.78 Å². The largest absolute Gasteiger partial charge is 0.462 e. The molecule has 0 bridgehead atoms. The molecule has 0 aromatic carbocycles. The van der Waals surface area contributed by atoms with Crippen molar-refractivity contribution < 1.29 is 9.53 Å². The van der Waals surface area contributed by atoms with Gasteiger partial charge in [0.25, 0.3) is 0 Å². The number of nitrogens with zero attached hydrogens (tertiary/aromatic N) is 2. The van der Waals surface area contributed by atoms with Crippen LogP contribution in [0.1, 0.15) is 22.3 Å². The molecule has 2 aromatic heterocycles. The van der Waals surface area contributed by atoms with Gasteiger partial charge in [-0.15, -0.1) is 11.3 Å². The van der Waals surface area contributed by atoms with E-state index in [1.54, 1.807) is 19.3 Å². The van der Waals surface area contributed by atoms with Crippen molar-refractivity contribution >= 4 is 17.3 Å². The number of ether oxygens (including phenoxy) is 1. The monoisotopic (exact) mass is 248 g/mol. The third kappa shape index (κ3) is 2.50. The second-order valence-electron chi connectivity index (χ2n) is 3.40. The first-order valence-corrected chi connectivity index (χ1v) is 6.09. The van der Waals surface area contributed by atoms with E-state index in [1.807, 2.05) is 19.1 Å². The van der Waals surface area contributed by atoms with Gasteiger partial charge in [0.05, 0.1) is 12.3 Å². The highest BCUT2D eigenvalue weighted by atomic mass is 32.1. The fraction of sp³-hybridized carbons (Fsp3) is 0.250. The second kappa shape index (κ2) is 5.05. The molecule has 0 spiro atoms. The van der Waals surface area contributed by atoms with Crippen LogP contribution >= 0.6 is 11.3 Å². The number of pyridine rings is 1. The minimum Gasteiger partial charge on any atom is -0.462 e. The van der Waals surface area contributed by atoms with Gasteiger partial charge >= 0.3 is 5.97 Å². The smallest absolute Gasteiger partial charge is 0.350 e. The molecule has 0 amide bonds. The van der Waals surface area contributed by atoms with Gasteiger partial charge in [-0.2, -0.15) is 0 Å². The lowest BCUT2D eigenvalue weighted by Gasteiger charge is -1.97. The Morgan fingerprint density at radius 1 is 1.53 bits per heavy atom. The summed E-state index contributed by atoms with van der Waals surface area (Å²) in [5.41, 5.74) is 1.61. The molecule has 0 unspecified atom stereocenters. The van der Waals surface area contributed by atoms with E-state index >= 15 is 0 Å². The summed E-state index contributed by atoms with van der Waals surface area (Å²) in [4.78, 5) is 20.6. The van der Waals surface area contributed by atoms with Gasteiger partial charge in [-0.3, -0.25) is 4.98 Å². The first-order valence-electron chi connectivity index (χ1n) is 5.27. The molecule has 0 radical (unpaired) electrons. The van der Waals surface area contributed by atoms with Crippen molar-refractivity contribution in [1.29, 1.82) is 0 Å². The Kier molecular flexibility index (Phi) is 3.49. The number of thiazole rings is 1. The summed E-state index contributed by atoms with van der Waals surface area (Å²) >= 11 is 1.33. The lowest BCUT2D eigenvalue weighted by molar-refractivity contribution is 0.0531. The van der Waals surface area contributed by atoms with Crippen LogP contribution in [-0.2, 0) is 4.74 Å². The zero-order valence-corrected chi connectivity index (χ0v) is 10.5. The topological polar surface area (TPSA) is 52.1 Å². The van der Waals surface area contributed by atoms with Gasteiger partial charge in [0.1, 0.15) is 9.88 Å². The molecule has 0 atom stereocenters. The quantitative estimate of drug-likeness (QED) is 0.784. The maximum atomic E-state index is 11.6. The molecule has 2 aromatic rings. The molecule has 88 valence electrons. The fourth-order valence-electron chi connectivity index (χ4n) is 1.40. The van der Waals surface area contributed by atoms with Crippen LogP contribution in [0.3, 0.4) is 0 Å². The number of carbonyl (C=O) groups excluding carboxylic acids is 1. The van der Waals surface area contributed by atoms with E-state index in [9.17, 15) is 4.79 Å². The van der Waals surface area contributed by atoms with Crippen molar-refractivity contribution in [2.75, 3.05) is 6.61 Å². The van der Waals surface area contributed by atoms with Gasteiger partial charge < -0.3 is 4.74 Å². The van der Waals surface area contributed by atoms with E-state index < -0.39 is 0 Å². The Balaban J connectivity index is 2.34. The lowest BCUT2D eigenvalue weighted by atomic mass is 10.3. The third-order valence-corrected chi connectivity index (χ3v) is 3.35. The van der Waals surface area contributed by atoms with E-state index in [2.05, 4.69) is 9.97 Å². The van der Waals surface area contributed by atoms with Crippen LogP contribution in [0.25, 0.3) is 10.6 Å². The van der Waals surface area contributed by atoms with Crippen LogP contribution in [0.5, 0.6) is 0 Å². The highest BCUT2D eigenvalue weighted by Gasteiger charge is 2.16. The molecule has 0 saturated carbocycles. The molecule has 5 heteroatoms. The number of aromatic nitrogens is 2. The molecule has 0 fully saturated rings. The van der Waals surface area contributed by atoms with Crippen molar-refractivity contribution in [3.63, 3.8) is 0 Å². The Hall–Kier alpha value is -1.75. The molecular formula is C12H12N2O2S. The molecule has 0 aliphatic rings. The Morgan fingerprint density at radius 2 is 2.35 bits per heavy atom. The lowest BCUT2D eigenvalue weighted by Crippen LogP contribution is -2.03. The van der Waals surface area contributed by atoms with Gasteiger partial charge in [0.15, 0.2) is 0 Å². The normalized spacial score (nSPS) is 10.2. The summed E-state index contributed by atoms with van der Waals surface area (Å²) in [5, 5.41) is 0.790. The highest BCUT2D eigenvalue weighted by molar-refractivity contribution is 7.17. The molecule has 2 rings (SSSR count). The minimum atomic E-state index is -0.308. The molecule has 0 N–H and O–H groups in total. The van der Waals surface area contributed by atoms with Gasteiger partial charge in [-0.1, -0.05) is 0 Å². The maximum absolute atomic E-state index is 11.6. The molecule has 17 heavy (non-hydrogen) atoms. The summed E-state index contributed by atoms with van der Waals surface area (Å²) in [5.74, 6) is -0.308. The SMILES string of the molecule is CCOC(=O)c1sc(-c2cccnc2)nc1C. The van der Waals surface area contributed by atoms with E-state index in [0.717, 1.165) is 10.6 Å². The van der Waals surface area contributed by atoms with Crippen molar-refractivity contribution in [1.82, 2.24) is 9.97 Å². The van der Waals surface area contributed by atoms with E-state index in [-0.39, 0.29) is 5.97 Å². The molecule has 0 aliphatic heterocycles. The summed E-state index contributed by atoms with van der Waals surface area (Å²) in [7, 11) is 0. The minimum absolute atomic E-state index is 0.308. The average molecular weight is 248 g/mol. The standard InChI is InChI=1S/C12H12N2O2S/c1-3-16-12(15)10-8(2)14-11(17-10)9-5-4-6-13-7-9/h4-7H,3H2,1-2H3. The Labute approximate surface area is 103 Å². The van der Waals surface area contributed by atoms with Crippen LogP contribution in [0.15, 0.2) is 24.5 Å². The zero-order valence-electron chi connectivity index (χ0n) is 9.64. The summed E-state index contributed by atoms with van der Waals surface area (Å²) < 4.78 is 4.97. The van der Waals surface area contributed by atoms with Crippen LogP contribution in [0, 0.1) is 6.92 Å². The number of hydrogen-bond donors (Lipinski definition) is 0. The predicted octanol–water partition coefficient (Wildman–Crippen LogP) is 2.69. The molecule has 2 heterocycles. The van der Waals surface area contributed by atoms with Crippen molar-refractivity contribution in [3.8, 4) is 10.6 Å². The van der Waals surface area contributed by atoms with Gasteiger partial charge in [0, 0.05) is 18.0 Å². The maximum Gasteiger partial charge on any atom is 0.350 e. The molecule has 4 nitrogen and oxygen atoms in total. The number of aryl methyl sites for hydroxylation is 1. The second-order valence-corrected chi connectivity index (χ2v) is 4.39. The van der Waals surface area contributed by atoms with Crippen LogP contribution < -0.4 is 0 Å². The highest BCUT2D eigenvalue weighted by Crippen LogP contribution is 2.27. The van der Waals surface area contributed by atoms with Gasteiger partial charge in [0.2, 0.25) is 0 Å². The molecule has 0 saturated heterocycles. The van der Waals surface area contributed by atoms with Crippen molar-refractivity contribution in [2.45, 2.75) is 13.8 Å². The number of rotatable bonds is 3. The first kappa shape index (κ1) is 11.7. The van der Waals surface area contributed by atoms with Crippen LogP contribution in [-0.4, -0.2) is 22.5 Å². The van der Waals surface area contributed by atoms with Crippen molar-refractivity contribution in [3.05, 3.63) is 35.1 Å². The van der Waals surface area contributed by atoms with E-state index in [1.165, 1.54) is 11.3 Å². The van der Waals surface area contributed by atoms with E-state index in [4.69, 9.17) is 4.74 Å². The fourth-order valence-corrected chi connectivity index (χ4v) is 2.35. The van der Waals surface area contributed by atoms with Crippen molar-refractivity contribution in [2.24, 2.45) is 0 Å². The van der Waals surface area contributed by atoms with Crippen LogP contribution in [0.2, 0.25) is 0 Å². The Morgan fingerprint density at radius 3 is 3.00 bits per heavy atom. The van der Waals surface area contributed by atoms with Crippen LogP contribution in [0.4, 0.5) is 0 Å². The first-order chi connectivity index (χ1) is 8.22. The average Bonchev–Trinajstić information content (AvgIpc) is 2.73. The third-order valence-electron chi connectivity index (χ3n) is 2.17. The Bertz CT molecular complexity index is 523. The van der Waals surface area contributed by atoms with E-state index in [0.29, 0.717) is 17.2 Å². The molecule has 0 aliphatic carbocycles. The number of carbonyl (C=O) groups is 1. The number of hydrogen-bond acceptors (Lipinski definition) is 5. The molecular weight excluding hydrogens is 236 g/mol. The summed E-state index contributed by atoms with van der Waals surface area (Å²) in [6.07, 6.45) is 3.43. The zero-order chi connectivity index (χ0) is 12.3. The predicted molar refractivity (Wildman–Crippen MR) is 66.0 cm³/mol. The summed E-state index contributed by atoms with van der Waals surface area (Å²) in [6, 6.07) is 3.76. The summed E-state index contributed by atoms with van der Waals surface area (Å²) in [6.45, 7) is 3.97. The van der Waals surface area contributed by atoms with Gasteiger partial charge in [-0.05, 0) is 26.0 Å². The number of esters is 1.